The van der Waals surface area contributed by atoms with E-state index in [2.05, 4.69) is 48.8 Å². The molecule has 0 aliphatic carbocycles. The van der Waals surface area contributed by atoms with Crippen LogP contribution in [0.3, 0.4) is 0 Å². The average Bonchev–Trinajstić information content (AvgIpc) is 3.40. The number of rotatable bonds is 12. The summed E-state index contributed by atoms with van der Waals surface area (Å²) in [6, 6.07) is 5.42. The van der Waals surface area contributed by atoms with Crippen LogP contribution in [0.5, 0.6) is 0 Å². The highest BCUT2D eigenvalue weighted by molar-refractivity contribution is 5.86. The van der Waals surface area contributed by atoms with Gasteiger partial charge >= 0.3 is 6.09 Å². The monoisotopic (exact) mass is 563 g/mol. The van der Waals surface area contributed by atoms with Crippen molar-refractivity contribution in [3.63, 3.8) is 0 Å². The second kappa shape index (κ2) is 15.0. The van der Waals surface area contributed by atoms with Crippen LogP contribution in [-0.2, 0) is 20.8 Å². The molecular formula is C30H41N7O4. The minimum Gasteiger partial charge on any atom is -0.444 e. The number of nitrogens with one attached hydrogen (secondary N) is 3. The van der Waals surface area contributed by atoms with Gasteiger partial charge in [0.2, 0.25) is 11.9 Å². The van der Waals surface area contributed by atoms with E-state index in [1.807, 2.05) is 18.3 Å². The fourth-order valence-corrected chi connectivity index (χ4v) is 3.76. The Kier molecular flexibility index (Phi) is 11.5. The number of aromatic nitrogens is 2. The van der Waals surface area contributed by atoms with Crippen molar-refractivity contribution in [3.8, 4) is 11.8 Å². The molecule has 2 heterocycles. The standard InChI is InChI=1S/C30H41N7O4/c1-21(37(5)29(39)41-30(2,3)4)27(38)33-14-9-7-8-11-23-20-34-28(36-26(23)32-15-10-16-40-6)35-25-13-12-22-18-31-19-24(22)17-25/h12-13,17,19-21H,7,9-10,14-16,18H2,1-6H3,(H,33,38)(H2,32,34,35,36)/t21-/m0/s1. The van der Waals surface area contributed by atoms with Gasteiger partial charge in [0.25, 0.3) is 0 Å². The first-order valence-electron chi connectivity index (χ1n) is 13.8. The van der Waals surface area contributed by atoms with Gasteiger partial charge in [-0.1, -0.05) is 17.9 Å². The maximum absolute atomic E-state index is 12.5. The minimum atomic E-state index is -0.656. The van der Waals surface area contributed by atoms with Crippen molar-refractivity contribution in [2.75, 3.05) is 44.5 Å². The summed E-state index contributed by atoms with van der Waals surface area (Å²) in [6.07, 6.45) is 5.07. The van der Waals surface area contributed by atoms with Gasteiger partial charge in [0.15, 0.2) is 0 Å². The Morgan fingerprint density at radius 2 is 2.00 bits per heavy atom. The quantitative estimate of drug-likeness (QED) is 0.260. The number of hydrogen-bond acceptors (Lipinski definition) is 9. The number of amides is 2. The van der Waals surface area contributed by atoms with E-state index in [1.165, 1.54) is 10.5 Å². The Morgan fingerprint density at radius 3 is 2.76 bits per heavy atom. The predicted molar refractivity (Wildman–Crippen MR) is 161 cm³/mol. The third-order valence-electron chi connectivity index (χ3n) is 6.14. The molecule has 1 aromatic heterocycles. The maximum atomic E-state index is 12.5. The molecule has 2 amide bonds. The number of benzene rings is 1. The van der Waals surface area contributed by atoms with E-state index in [1.54, 1.807) is 48.0 Å². The van der Waals surface area contributed by atoms with E-state index < -0.39 is 17.7 Å². The van der Waals surface area contributed by atoms with Crippen LogP contribution in [0.2, 0.25) is 0 Å². The van der Waals surface area contributed by atoms with Gasteiger partial charge in [-0.15, -0.1) is 0 Å². The van der Waals surface area contributed by atoms with Gasteiger partial charge in [0, 0.05) is 52.2 Å². The first-order valence-corrected chi connectivity index (χ1v) is 13.8. The van der Waals surface area contributed by atoms with Crippen LogP contribution < -0.4 is 16.0 Å². The van der Waals surface area contributed by atoms with E-state index in [0.29, 0.717) is 56.4 Å². The number of aliphatic imine (C=N–C) groups is 1. The summed E-state index contributed by atoms with van der Waals surface area (Å²) in [5.74, 6) is 7.15. The van der Waals surface area contributed by atoms with Crippen molar-refractivity contribution in [3.05, 3.63) is 41.1 Å². The summed E-state index contributed by atoms with van der Waals surface area (Å²) < 4.78 is 10.5. The largest absolute Gasteiger partial charge is 0.444 e. The van der Waals surface area contributed by atoms with Gasteiger partial charge < -0.3 is 25.4 Å². The molecular weight excluding hydrogens is 522 g/mol. The number of nitrogens with zero attached hydrogens (tertiary/aromatic N) is 4. The van der Waals surface area contributed by atoms with Crippen LogP contribution in [0.25, 0.3) is 0 Å². The third kappa shape index (κ3) is 10.1. The van der Waals surface area contributed by atoms with Crippen molar-refractivity contribution < 1.29 is 19.1 Å². The normalized spacial score (nSPS) is 12.5. The lowest BCUT2D eigenvalue weighted by molar-refractivity contribution is -0.125. The topological polar surface area (TPSA) is 130 Å². The Morgan fingerprint density at radius 1 is 1.20 bits per heavy atom. The van der Waals surface area contributed by atoms with Gasteiger partial charge in [-0.2, -0.15) is 4.98 Å². The van der Waals surface area contributed by atoms with Crippen LogP contribution in [0.4, 0.5) is 22.2 Å². The molecule has 0 saturated carbocycles. The SMILES string of the molecule is COCCCNc1nc(Nc2ccc3c(c2)C=NC3)ncc1C#CCCCNC(=O)[C@H](C)N(C)C(=O)OC(C)(C)C. The number of likely N-dealkylation sites (N-methyl/N-ethyl adjacent to an activating group) is 1. The van der Waals surface area contributed by atoms with Crippen molar-refractivity contribution in [2.45, 2.75) is 65.1 Å². The number of ether oxygens (including phenoxy) is 2. The molecule has 11 heteroatoms. The van der Waals surface area contributed by atoms with Gasteiger partial charge in [0.05, 0.1) is 18.3 Å². The predicted octanol–water partition coefficient (Wildman–Crippen LogP) is 4.10. The second-order valence-electron chi connectivity index (χ2n) is 10.7. The van der Waals surface area contributed by atoms with E-state index in [9.17, 15) is 9.59 Å². The second-order valence-corrected chi connectivity index (χ2v) is 10.7. The maximum Gasteiger partial charge on any atom is 0.410 e. The van der Waals surface area contributed by atoms with Crippen LogP contribution in [0.15, 0.2) is 29.4 Å². The van der Waals surface area contributed by atoms with Crippen LogP contribution in [0.1, 0.15) is 63.6 Å². The molecule has 11 nitrogen and oxygen atoms in total. The summed E-state index contributed by atoms with van der Waals surface area (Å²) in [6.45, 7) is 9.49. The number of anilines is 3. The number of methoxy groups -OCH3 is 1. The zero-order valence-electron chi connectivity index (χ0n) is 24.8. The molecule has 1 atom stereocenters. The number of fused-ring (bicyclic) bond motifs is 1. The lowest BCUT2D eigenvalue weighted by atomic mass is 10.1. The van der Waals surface area contributed by atoms with Crippen molar-refractivity contribution in [1.29, 1.82) is 0 Å². The Hall–Kier alpha value is -4.17. The molecule has 1 aromatic carbocycles. The average molecular weight is 564 g/mol. The minimum absolute atomic E-state index is 0.249. The molecule has 220 valence electrons. The first kappa shape index (κ1) is 31.4. The molecule has 0 saturated heterocycles. The molecule has 0 radical (unpaired) electrons. The van der Waals surface area contributed by atoms with Gasteiger partial charge in [-0.05, 0) is 63.8 Å². The van der Waals surface area contributed by atoms with E-state index in [0.717, 1.165) is 17.7 Å². The first-order chi connectivity index (χ1) is 19.6. The third-order valence-corrected chi connectivity index (χ3v) is 6.14. The highest BCUT2D eigenvalue weighted by Gasteiger charge is 2.26. The molecule has 3 N–H and O–H groups in total. The lowest BCUT2D eigenvalue weighted by Crippen LogP contribution is -2.47. The summed E-state index contributed by atoms with van der Waals surface area (Å²) in [5, 5.41) is 9.45. The molecule has 0 unspecified atom stereocenters. The van der Waals surface area contributed by atoms with Crippen molar-refractivity contribution >= 4 is 35.7 Å². The molecule has 0 spiro atoms. The molecule has 3 rings (SSSR count). The fraction of sp³-hybridized carbons (Fsp3) is 0.500. The Balaban J connectivity index is 1.54. The highest BCUT2D eigenvalue weighted by Crippen LogP contribution is 2.22. The number of carbonyl (C=O) groups excluding carboxylic acids is 2. The van der Waals surface area contributed by atoms with Crippen molar-refractivity contribution in [2.24, 2.45) is 4.99 Å². The molecule has 2 aromatic rings. The molecule has 0 bridgehead atoms. The lowest BCUT2D eigenvalue weighted by Gasteiger charge is -2.28. The van der Waals surface area contributed by atoms with Crippen LogP contribution >= 0.6 is 0 Å². The fourth-order valence-electron chi connectivity index (χ4n) is 3.76. The van der Waals surface area contributed by atoms with Crippen LogP contribution in [0, 0.1) is 11.8 Å². The van der Waals surface area contributed by atoms with Gasteiger partial charge in [-0.3, -0.25) is 14.7 Å². The molecule has 0 fully saturated rings. The van der Waals surface area contributed by atoms with E-state index in [4.69, 9.17) is 9.47 Å². The number of hydrogen-bond donors (Lipinski definition) is 3. The Labute approximate surface area is 242 Å². The zero-order valence-corrected chi connectivity index (χ0v) is 24.8. The molecule has 1 aliphatic heterocycles. The van der Waals surface area contributed by atoms with Gasteiger partial charge in [-0.25, -0.2) is 9.78 Å². The van der Waals surface area contributed by atoms with E-state index in [-0.39, 0.29) is 5.91 Å². The summed E-state index contributed by atoms with van der Waals surface area (Å²) >= 11 is 0. The highest BCUT2D eigenvalue weighted by atomic mass is 16.6. The zero-order chi connectivity index (χ0) is 29.8. The van der Waals surface area contributed by atoms with E-state index >= 15 is 0 Å². The summed E-state index contributed by atoms with van der Waals surface area (Å²) in [4.78, 5) is 39.4. The summed E-state index contributed by atoms with van der Waals surface area (Å²) in [7, 11) is 3.22. The Bertz CT molecular complexity index is 1290. The van der Waals surface area contributed by atoms with Crippen molar-refractivity contribution in [1.82, 2.24) is 20.2 Å². The number of unbranched alkanes of at least 4 members (excludes halogenated alkanes) is 1. The summed E-state index contributed by atoms with van der Waals surface area (Å²) in [5.41, 5.74) is 3.24. The smallest absolute Gasteiger partial charge is 0.410 e. The van der Waals surface area contributed by atoms with Crippen LogP contribution in [-0.4, -0.2) is 78.6 Å². The molecule has 41 heavy (non-hydrogen) atoms. The van der Waals surface area contributed by atoms with Gasteiger partial charge in [0.1, 0.15) is 17.5 Å². The number of carbonyl (C=O) groups is 2. The molecule has 1 aliphatic rings.